The summed E-state index contributed by atoms with van der Waals surface area (Å²) in [6.45, 7) is 5.00. The van der Waals surface area contributed by atoms with E-state index >= 15 is 8.78 Å². The van der Waals surface area contributed by atoms with Crippen LogP contribution in [-0.2, 0) is 9.47 Å². The second-order valence-corrected chi connectivity index (χ2v) is 12.0. The standard InChI is InChI=1S/C31H35F17O2/c1-4-6-16-49-18(3)23(50-17-7-5-2)22(21-13-12-19-10-8-9-11-20(19)21)14-15-24(32,33)25(34,35)26(36,37)27(38,39)28(40,41)29(42,43)30(44,45)31(46,47)48/h8-13,18,21-23H,4-7,14-17H2,1-3H3. The molecule has 2 rings (SSSR count). The molecule has 0 aliphatic heterocycles. The minimum atomic E-state index is -8.66. The molecule has 0 bridgehead atoms. The minimum absolute atomic E-state index is 0.0556. The van der Waals surface area contributed by atoms with E-state index in [9.17, 15) is 65.9 Å². The first kappa shape index (κ1) is 43.9. The summed E-state index contributed by atoms with van der Waals surface area (Å²) >= 11 is 0. The first-order chi connectivity index (χ1) is 22.6. The van der Waals surface area contributed by atoms with Gasteiger partial charge in [-0.2, -0.15) is 74.6 Å². The van der Waals surface area contributed by atoms with Gasteiger partial charge < -0.3 is 9.47 Å². The fraction of sp³-hybridized carbons (Fsp3) is 0.742. The lowest BCUT2D eigenvalue weighted by Gasteiger charge is -2.43. The monoisotopic (exact) mass is 762 g/mol. The fourth-order valence-electron chi connectivity index (χ4n) is 5.38. The summed E-state index contributed by atoms with van der Waals surface area (Å²) in [5, 5.41) is 0. The van der Waals surface area contributed by atoms with Crippen LogP contribution in [0.15, 0.2) is 30.3 Å². The average Bonchev–Trinajstić information content (AvgIpc) is 3.43. The maximum Gasteiger partial charge on any atom is 0.460 e. The van der Waals surface area contributed by atoms with Crippen LogP contribution in [0.25, 0.3) is 6.08 Å². The number of halogens is 17. The fourth-order valence-corrected chi connectivity index (χ4v) is 5.38. The summed E-state index contributed by atoms with van der Waals surface area (Å²) in [7, 11) is 0. The molecular weight excluding hydrogens is 727 g/mol. The van der Waals surface area contributed by atoms with E-state index in [4.69, 9.17) is 9.47 Å². The van der Waals surface area contributed by atoms with Crippen molar-refractivity contribution in [3.8, 4) is 0 Å². The second kappa shape index (κ2) is 15.3. The minimum Gasteiger partial charge on any atom is -0.376 e. The van der Waals surface area contributed by atoms with Crippen LogP contribution in [0, 0.1) is 5.92 Å². The predicted octanol–water partition coefficient (Wildman–Crippen LogP) is 11.6. The van der Waals surface area contributed by atoms with Crippen molar-refractivity contribution in [3.05, 3.63) is 41.5 Å². The number of allylic oxidation sites excluding steroid dienone is 1. The highest BCUT2D eigenvalue weighted by Gasteiger charge is 2.95. The van der Waals surface area contributed by atoms with E-state index in [1.54, 1.807) is 26.0 Å². The molecule has 0 amide bonds. The quantitative estimate of drug-likeness (QED) is 0.0973. The van der Waals surface area contributed by atoms with Gasteiger partial charge in [0.2, 0.25) is 0 Å². The van der Waals surface area contributed by atoms with E-state index in [0.717, 1.165) is 0 Å². The van der Waals surface area contributed by atoms with Gasteiger partial charge in [-0.1, -0.05) is 63.1 Å². The molecule has 4 unspecified atom stereocenters. The van der Waals surface area contributed by atoms with Crippen LogP contribution in [0.4, 0.5) is 74.6 Å². The van der Waals surface area contributed by atoms with Crippen LogP contribution in [-0.4, -0.2) is 73.1 Å². The first-order valence-corrected chi connectivity index (χ1v) is 15.3. The lowest BCUT2D eigenvalue weighted by atomic mass is 9.77. The number of hydrogen-bond acceptors (Lipinski definition) is 2. The Kier molecular flexibility index (Phi) is 13.5. The molecule has 2 nitrogen and oxygen atoms in total. The topological polar surface area (TPSA) is 18.5 Å². The SMILES string of the molecule is CCCCOC(C)C(OCCCC)C(CCC(F)(F)C(F)(F)C(F)(F)C(F)(F)C(F)(F)C(F)(F)C(F)(F)C(F)(F)F)C1C=Cc2ccccc21. The summed E-state index contributed by atoms with van der Waals surface area (Å²) in [4.78, 5) is 0. The summed E-state index contributed by atoms with van der Waals surface area (Å²) in [6, 6.07) is 6.15. The summed E-state index contributed by atoms with van der Waals surface area (Å²) in [5.74, 6) is -58.9. The number of rotatable bonds is 20. The molecule has 1 aliphatic rings. The van der Waals surface area contributed by atoms with Gasteiger partial charge in [-0.3, -0.25) is 0 Å². The zero-order valence-corrected chi connectivity index (χ0v) is 26.7. The largest absolute Gasteiger partial charge is 0.460 e. The van der Waals surface area contributed by atoms with E-state index < -0.39 is 84.5 Å². The summed E-state index contributed by atoms with van der Waals surface area (Å²) in [6.07, 6.45) is -8.95. The molecule has 0 heterocycles. The van der Waals surface area contributed by atoms with Gasteiger partial charge in [0.25, 0.3) is 0 Å². The van der Waals surface area contributed by atoms with Crippen molar-refractivity contribution in [2.75, 3.05) is 13.2 Å². The van der Waals surface area contributed by atoms with Crippen molar-refractivity contribution in [2.45, 2.75) is 125 Å². The van der Waals surface area contributed by atoms with Crippen LogP contribution < -0.4 is 0 Å². The maximum atomic E-state index is 15.1. The van der Waals surface area contributed by atoms with Gasteiger partial charge in [-0.05, 0) is 43.2 Å². The van der Waals surface area contributed by atoms with Crippen molar-refractivity contribution >= 4 is 6.08 Å². The van der Waals surface area contributed by atoms with E-state index in [-0.39, 0.29) is 13.2 Å². The molecule has 0 saturated heterocycles. The van der Waals surface area contributed by atoms with E-state index in [1.807, 2.05) is 0 Å². The van der Waals surface area contributed by atoms with Crippen molar-refractivity contribution in [1.82, 2.24) is 0 Å². The molecule has 0 aromatic heterocycles. The Balaban J connectivity index is 2.58. The molecule has 290 valence electrons. The van der Waals surface area contributed by atoms with E-state index in [1.165, 1.54) is 31.2 Å². The normalized spacial score (nSPS) is 18.7. The molecular formula is C31H35F17O2. The Morgan fingerprint density at radius 2 is 1.08 bits per heavy atom. The Morgan fingerprint density at radius 3 is 1.58 bits per heavy atom. The van der Waals surface area contributed by atoms with E-state index in [2.05, 4.69) is 0 Å². The Labute approximate surface area is 276 Å². The summed E-state index contributed by atoms with van der Waals surface area (Å²) < 4.78 is 247. The van der Waals surface area contributed by atoms with Crippen LogP contribution in [0.3, 0.4) is 0 Å². The van der Waals surface area contributed by atoms with Crippen molar-refractivity contribution in [2.24, 2.45) is 5.92 Å². The third kappa shape index (κ3) is 7.72. The van der Waals surface area contributed by atoms with Gasteiger partial charge in [-0.25, -0.2) is 0 Å². The zero-order chi connectivity index (χ0) is 38.8. The number of hydrogen-bond donors (Lipinski definition) is 0. The number of benzene rings is 1. The van der Waals surface area contributed by atoms with Crippen LogP contribution in [0.2, 0.25) is 0 Å². The molecule has 0 N–H and O–H groups in total. The molecule has 0 saturated carbocycles. The third-order valence-corrected chi connectivity index (χ3v) is 8.45. The van der Waals surface area contributed by atoms with Gasteiger partial charge in [0.15, 0.2) is 0 Å². The molecule has 0 spiro atoms. The lowest BCUT2D eigenvalue weighted by Crippen LogP contribution is -2.74. The molecule has 4 atom stereocenters. The van der Waals surface area contributed by atoms with Crippen molar-refractivity contribution in [1.29, 1.82) is 0 Å². The van der Waals surface area contributed by atoms with Crippen LogP contribution >= 0.6 is 0 Å². The highest BCUT2D eigenvalue weighted by Crippen LogP contribution is 2.64. The molecule has 1 aromatic carbocycles. The van der Waals surface area contributed by atoms with Gasteiger partial charge in [0.05, 0.1) is 12.2 Å². The first-order valence-electron chi connectivity index (χ1n) is 15.3. The molecule has 1 aliphatic carbocycles. The number of unbranched alkanes of at least 4 members (excludes halogenated alkanes) is 2. The Morgan fingerprint density at radius 1 is 0.620 bits per heavy atom. The van der Waals surface area contributed by atoms with Crippen LogP contribution in [0.1, 0.15) is 76.3 Å². The van der Waals surface area contributed by atoms with Gasteiger partial charge in [-0.15, -0.1) is 0 Å². The predicted molar refractivity (Wildman–Crippen MR) is 147 cm³/mol. The highest BCUT2D eigenvalue weighted by atomic mass is 19.4. The van der Waals surface area contributed by atoms with E-state index in [0.29, 0.717) is 36.8 Å². The third-order valence-electron chi connectivity index (χ3n) is 8.45. The molecule has 0 fully saturated rings. The van der Waals surface area contributed by atoms with Crippen molar-refractivity contribution in [3.63, 3.8) is 0 Å². The van der Waals surface area contributed by atoms with Gasteiger partial charge in [0.1, 0.15) is 0 Å². The summed E-state index contributed by atoms with van der Waals surface area (Å²) in [5.41, 5.74) is 0.915. The lowest BCUT2D eigenvalue weighted by molar-refractivity contribution is -0.461. The number of fused-ring (bicyclic) bond motifs is 1. The number of alkyl halides is 17. The van der Waals surface area contributed by atoms with Gasteiger partial charge in [0, 0.05) is 25.6 Å². The van der Waals surface area contributed by atoms with Crippen molar-refractivity contribution < 1.29 is 84.1 Å². The Bertz CT molecular complexity index is 1280. The second-order valence-electron chi connectivity index (χ2n) is 12.0. The average molecular weight is 763 g/mol. The van der Waals surface area contributed by atoms with Crippen LogP contribution in [0.5, 0.6) is 0 Å². The molecule has 1 aromatic rings. The number of ether oxygens (including phenoxy) is 2. The van der Waals surface area contributed by atoms with Gasteiger partial charge >= 0.3 is 47.6 Å². The molecule has 50 heavy (non-hydrogen) atoms. The maximum absolute atomic E-state index is 15.1. The smallest absolute Gasteiger partial charge is 0.376 e. The zero-order valence-electron chi connectivity index (χ0n) is 26.7. The highest BCUT2D eigenvalue weighted by molar-refractivity contribution is 5.62. The molecule has 19 heteroatoms. The Hall–Kier alpha value is -2.31. The molecule has 0 radical (unpaired) electrons.